The third-order valence-electron chi connectivity index (χ3n) is 3.21. The van der Waals surface area contributed by atoms with Gasteiger partial charge in [-0.1, -0.05) is 13.8 Å². The number of rotatable bonds is 4. The third kappa shape index (κ3) is 3.22. The van der Waals surface area contributed by atoms with Crippen LogP contribution in [0.25, 0.3) is 10.9 Å². The minimum atomic E-state index is -4.60. The van der Waals surface area contributed by atoms with Gasteiger partial charge in [0.2, 0.25) is 0 Å². The summed E-state index contributed by atoms with van der Waals surface area (Å²) in [4.78, 5) is 22.1. The molecule has 0 spiro atoms. The van der Waals surface area contributed by atoms with Crippen molar-refractivity contribution in [3.05, 3.63) is 35.0 Å². The molecule has 21 heavy (non-hydrogen) atoms. The van der Waals surface area contributed by atoms with Crippen molar-refractivity contribution in [3.8, 4) is 11.8 Å². The predicted octanol–water partition coefficient (Wildman–Crippen LogP) is 2.70. The average molecular weight is 306 g/mol. The van der Waals surface area contributed by atoms with Crippen molar-refractivity contribution in [2.75, 3.05) is 0 Å². The maximum atomic E-state index is 10.9. The zero-order valence-electron chi connectivity index (χ0n) is 11.7. The van der Waals surface area contributed by atoms with Crippen molar-refractivity contribution < 1.29 is 18.9 Å². The van der Waals surface area contributed by atoms with Gasteiger partial charge >= 0.3 is 7.82 Å². The molecule has 1 heterocycles. The highest BCUT2D eigenvalue weighted by Gasteiger charge is 2.18. The number of phosphoric acid groups is 1. The van der Waals surface area contributed by atoms with Crippen LogP contribution in [0.2, 0.25) is 0 Å². The molecule has 6 nitrogen and oxygen atoms in total. The lowest BCUT2D eigenvalue weighted by atomic mass is 9.97. The standard InChI is InChI=1S/C14H15N2O4P/c1-3-10-11(4-2)14(8-15)16-13-6-5-9(7-12(10)13)20-21(17,18)19/h5-7H,3-4H2,1-2H3,(H2,17,18,19). The number of benzene rings is 1. The van der Waals surface area contributed by atoms with Crippen molar-refractivity contribution in [1.29, 1.82) is 5.26 Å². The number of aromatic nitrogens is 1. The second-order valence-electron chi connectivity index (χ2n) is 4.50. The van der Waals surface area contributed by atoms with Crippen LogP contribution in [0.3, 0.4) is 0 Å². The molecule has 0 amide bonds. The molecule has 2 aromatic rings. The van der Waals surface area contributed by atoms with Crippen molar-refractivity contribution in [2.24, 2.45) is 0 Å². The van der Waals surface area contributed by atoms with E-state index in [4.69, 9.17) is 9.79 Å². The van der Waals surface area contributed by atoms with Crippen LogP contribution in [0, 0.1) is 11.3 Å². The average Bonchev–Trinajstić information content (AvgIpc) is 2.43. The Morgan fingerprint density at radius 2 is 1.95 bits per heavy atom. The third-order valence-corrected chi connectivity index (χ3v) is 3.66. The summed E-state index contributed by atoms with van der Waals surface area (Å²) >= 11 is 0. The molecule has 0 radical (unpaired) electrons. The Morgan fingerprint density at radius 1 is 1.29 bits per heavy atom. The highest BCUT2D eigenvalue weighted by atomic mass is 31.2. The Kier molecular flexibility index (Phi) is 4.29. The van der Waals surface area contributed by atoms with Crippen molar-refractivity contribution in [2.45, 2.75) is 26.7 Å². The molecule has 0 atom stereocenters. The lowest BCUT2D eigenvalue weighted by Gasteiger charge is -2.13. The molecule has 0 aliphatic heterocycles. The van der Waals surface area contributed by atoms with E-state index in [2.05, 4.69) is 15.6 Å². The second kappa shape index (κ2) is 5.82. The van der Waals surface area contributed by atoms with E-state index in [9.17, 15) is 9.83 Å². The van der Waals surface area contributed by atoms with Crippen LogP contribution in [0.15, 0.2) is 18.2 Å². The fourth-order valence-corrected chi connectivity index (χ4v) is 2.81. The number of fused-ring (bicyclic) bond motifs is 1. The minimum Gasteiger partial charge on any atom is -0.404 e. The van der Waals surface area contributed by atoms with Gasteiger partial charge in [-0.15, -0.1) is 0 Å². The van der Waals surface area contributed by atoms with E-state index in [0.717, 1.165) is 16.5 Å². The molecule has 0 saturated carbocycles. The summed E-state index contributed by atoms with van der Waals surface area (Å²) in [5.41, 5.74) is 2.82. The second-order valence-corrected chi connectivity index (χ2v) is 5.66. The molecule has 2 N–H and O–H groups in total. The Morgan fingerprint density at radius 3 is 2.48 bits per heavy atom. The van der Waals surface area contributed by atoms with Gasteiger partial charge in [0.05, 0.1) is 5.52 Å². The smallest absolute Gasteiger partial charge is 0.404 e. The molecule has 110 valence electrons. The number of nitrogens with zero attached hydrogens (tertiary/aromatic N) is 2. The SMILES string of the molecule is CCc1c(C#N)nc2ccc(OP(=O)(O)O)cc2c1CC. The van der Waals surface area contributed by atoms with E-state index < -0.39 is 7.82 Å². The first-order chi connectivity index (χ1) is 9.89. The molecule has 2 rings (SSSR count). The van der Waals surface area contributed by atoms with Gasteiger partial charge in [0.25, 0.3) is 0 Å². The van der Waals surface area contributed by atoms with E-state index in [1.54, 1.807) is 12.1 Å². The van der Waals surface area contributed by atoms with Crippen LogP contribution in [0.1, 0.15) is 30.7 Å². The van der Waals surface area contributed by atoms with Crippen molar-refractivity contribution in [1.82, 2.24) is 4.98 Å². The monoisotopic (exact) mass is 306 g/mol. The molecule has 0 unspecified atom stereocenters. The molecule has 0 aliphatic rings. The van der Waals surface area contributed by atoms with Gasteiger partial charge in [-0.3, -0.25) is 9.79 Å². The van der Waals surface area contributed by atoms with Gasteiger partial charge in [-0.2, -0.15) is 5.26 Å². The van der Waals surface area contributed by atoms with E-state index in [-0.39, 0.29) is 5.75 Å². The lowest BCUT2D eigenvalue weighted by molar-refractivity contribution is 0.283. The molecular weight excluding hydrogens is 291 g/mol. The predicted molar refractivity (Wildman–Crippen MR) is 77.9 cm³/mol. The van der Waals surface area contributed by atoms with Gasteiger partial charge < -0.3 is 4.52 Å². The molecule has 0 bridgehead atoms. The highest BCUT2D eigenvalue weighted by Crippen LogP contribution is 2.39. The number of aryl methyl sites for hydroxylation is 1. The quantitative estimate of drug-likeness (QED) is 0.842. The summed E-state index contributed by atoms with van der Waals surface area (Å²) < 4.78 is 15.5. The molecule has 1 aromatic heterocycles. The fourth-order valence-electron chi connectivity index (χ4n) is 2.42. The summed E-state index contributed by atoms with van der Waals surface area (Å²) in [6.45, 7) is 3.91. The maximum absolute atomic E-state index is 10.9. The van der Waals surface area contributed by atoms with Crippen LogP contribution in [-0.2, 0) is 17.4 Å². The van der Waals surface area contributed by atoms with E-state index in [0.29, 0.717) is 24.1 Å². The van der Waals surface area contributed by atoms with E-state index in [1.165, 1.54) is 6.07 Å². The molecule has 0 saturated heterocycles. The molecule has 1 aromatic carbocycles. The van der Waals surface area contributed by atoms with Crippen molar-refractivity contribution in [3.63, 3.8) is 0 Å². The Bertz CT molecular complexity index is 777. The minimum absolute atomic E-state index is 0.0825. The number of phosphoric ester groups is 1. The summed E-state index contributed by atoms with van der Waals surface area (Å²) in [5.74, 6) is 0.0825. The summed E-state index contributed by atoms with van der Waals surface area (Å²) in [5, 5.41) is 9.95. The van der Waals surface area contributed by atoms with Crippen LogP contribution >= 0.6 is 7.82 Å². The Balaban J connectivity index is 2.71. The molecule has 7 heteroatoms. The topological polar surface area (TPSA) is 103 Å². The summed E-state index contributed by atoms with van der Waals surface area (Å²) in [6.07, 6.45) is 1.36. The van der Waals surface area contributed by atoms with Gasteiger partial charge in [-0.05, 0) is 42.2 Å². The van der Waals surface area contributed by atoms with E-state index in [1.807, 2.05) is 13.8 Å². The Hall–Kier alpha value is -1.93. The van der Waals surface area contributed by atoms with Crippen LogP contribution in [0.4, 0.5) is 0 Å². The maximum Gasteiger partial charge on any atom is 0.524 e. The number of hydrogen-bond acceptors (Lipinski definition) is 4. The van der Waals surface area contributed by atoms with Gasteiger partial charge in [-0.25, -0.2) is 9.55 Å². The highest BCUT2D eigenvalue weighted by molar-refractivity contribution is 7.46. The van der Waals surface area contributed by atoms with Gasteiger partial charge in [0.15, 0.2) is 0 Å². The number of pyridine rings is 1. The normalized spacial score (nSPS) is 11.4. The van der Waals surface area contributed by atoms with Gasteiger partial charge in [0.1, 0.15) is 17.5 Å². The molecule has 0 aliphatic carbocycles. The van der Waals surface area contributed by atoms with E-state index >= 15 is 0 Å². The van der Waals surface area contributed by atoms with Crippen LogP contribution in [-0.4, -0.2) is 14.8 Å². The molecular formula is C14H15N2O4P. The van der Waals surface area contributed by atoms with Gasteiger partial charge in [0, 0.05) is 5.39 Å². The van der Waals surface area contributed by atoms with Crippen LogP contribution in [0.5, 0.6) is 5.75 Å². The summed E-state index contributed by atoms with van der Waals surface area (Å²) in [6, 6.07) is 6.68. The van der Waals surface area contributed by atoms with Crippen LogP contribution < -0.4 is 4.52 Å². The number of hydrogen-bond donors (Lipinski definition) is 2. The molecule has 0 fully saturated rings. The zero-order chi connectivity index (χ0) is 15.6. The van der Waals surface area contributed by atoms with Crippen molar-refractivity contribution >= 4 is 18.7 Å². The summed E-state index contributed by atoms with van der Waals surface area (Å²) in [7, 11) is -4.60. The first kappa shape index (κ1) is 15.5. The zero-order valence-corrected chi connectivity index (χ0v) is 12.6. The number of nitriles is 1. The largest absolute Gasteiger partial charge is 0.524 e. The fraction of sp³-hybridized carbons (Fsp3) is 0.286. The Labute approximate surface area is 122 Å². The first-order valence-corrected chi connectivity index (χ1v) is 8.03. The lowest BCUT2D eigenvalue weighted by Crippen LogP contribution is -2.01. The first-order valence-electron chi connectivity index (χ1n) is 6.50.